The molecule has 0 atom stereocenters. The Labute approximate surface area is 126 Å². The number of furan rings is 1. The maximum Gasteiger partial charge on any atom is 0.258 e. The molecule has 0 radical (unpaired) electrons. The summed E-state index contributed by atoms with van der Waals surface area (Å²) in [5.74, 6) is 2.28. The smallest absolute Gasteiger partial charge is 0.258 e. The van der Waals surface area contributed by atoms with Gasteiger partial charge in [0.15, 0.2) is 0 Å². The Morgan fingerprint density at radius 1 is 1.25 bits per heavy atom. The molecule has 1 aliphatic rings. The van der Waals surface area contributed by atoms with Gasteiger partial charge in [0, 0.05) is 5.69 Å². The van der Waals surface area contributed by atoms with Crippen molar-refractivity contribution in [2.75, 3.05) is 16.8 Å². The molecule has 0 saturated carbocycles. The van der Waals surface area contributed by atoms with Gasteiger partial charge in [0.1, 0.15) is 6.26 Å². The summed E-state index contributed by atoms with van der Waals surface area (Å²) >= 11 is 3.95. The molecule has 104 valence electrons. The van der Waals surface area contributed by atoms with Crippen molar-refractivity contribution in [1.82, 2.24) is 0 Å². The number of anilines is 1. The highest BCUT2D eigenvalue weighted by atomic mass is 32.2. The summed E-state index contributed by atoms with van der Waals surface area (Å²) in [7, 11) is 0. The largest absolute Gasteiger partial charge is 0.472 e. The zero-order valence-electron chi connectivity index (χ0n) is 10.9. The Morgan fingerprint density at radius 3 is 2.85 bits per heavy atom. The summed E-state index contributed by atoms with van der Waals surface area (Å²) in [5, 5.41) is 2.91. The Balaban J connectivity index is 1.72. The molecule has 5 heteroatoms. The van der Waals surface area contributed by atoms with Gasteiger partial charge in [0.25, 0.3) is 5.91 Å². The van der Waals surface area contributed by atoms with Gasteiger partial charge >= 0.3 is 0 Å². The Kier molecular flexibility index (Phi) is 4.38. The molecule has 0 bridgehead atoms. The average Bonchev–Trinajstić information content (AvgIpc) is 3.03. The zero-order chi connectivity index (χ0) is 13.8. The van der Waals surface area contributed by atoms with Crippen molar-refractivity contribution in [2.24, 2.45) is 0 Å². The molecule has 1 saturated heterocycles. The van der Waals surface area contributed by atoms with E-state index in [4.69, 9.17) is 4.42 Å². The van der Waals surface area contributed by atoms with Crippen LogP contribution in [0.5, 0.6) is 0 Å². The second kappa shape index (κ2) is 6.41. The molecule has 1 amide bonds. The van der Waals surface area contributed by atoms with Crippen molar-refractivity contribution in [2.45, 2.75) is 11.0 Å². The lowest BCUT2D eigenvalue weighted by Gasteiger charge is -2.21. The van der Waals surface area contributed by atoms with Crippen LogP contribution in [0.2, 0.25) is 0 Å². The fourth-order valence-corrected chi connectivity index (χ4v) is 4.91. The van der Waals surface area contributed by atoms with Gasteiger partial charge in [0.05, 0.1) is 16.4 Å². The monoisotopic (exact) mass is 305 g/mol. The lowest BCUT2D eigenvalue weighted by molar-refractivity contribution is 0.102. The van der Waals surface area contributed by atoms with Crippen LogP contribution in [0.25, 0.3) is 0 Å². The number of benzene rings is 1. The summed E-state index contributed by atoms with van der Waals surface area (Å²) in [5.41, 5.74) is 2.64. The summed E-state index contributed by atoms with van der Waals surface area (Å²) in [6.07, 6.45) is 4.23. The van der Waals surface area contributed by atoms with Gasteiger partial charge in [-0.2, -0.15) is 0 Å². The van der Waals surface area contributed by atoms with Crippen molar-refractivity contribution >= 4 is 35.1 Å². The molecule has 2 aromatic rings. The first-order valence-corrected chi connectivity index (χ1v) is 8.59. The number of carbonyl (C=O) groups is 1. The fourth-order valence-electron chi connectivity index (χ4n) is 2.04. The molecular formula is C15H15NO2S2. The van der Waals surface area contributed by atoms with Crippen LogP contribution in [-0.4, -0.2) is 17.4 Å². The summed E-state index contributed by atoms with van der Waals surface area (Å²) in [4.78, 5) is 12.0. The molecule has 1 N–H and O–H groups in total. The first-order chi connectivity index (χ1) is 9.83. The third kappa shape index (κ3) is 3.22. The third-order valence-electron chi connectivity index (χ3n) is 3.03. The Hall–Kier alpha value is -1.33. The van der Waals surface area contributed by atoms with Crippen LogP contribution in [0.4, 0.5) is 5.69 Å². The minimum absolute atomic E-state index is 0.139. The minimum Gasteiger partial charge on any atom is -0.472 e. The molecule has 1 aliphatic heterocycles. The van der Waals surface area contributed by atoms with Crippen molar-refractivity contribution in [3.05, 3.63) is 54.0 Å². The molecule has 1 aromatic heterocycles. The molecule has 0 spiro atoms. The number of rotatable bonds is 3. The van der Waals surface area contributed by atoms with Gasteiger partial charge in [0.2, 0.25) is 0 Å². The Bertz CT molecular complexity index is 577. The highest BCUT2D eigenvalue weighted by molar-refractivity contribution is 8.16. The van der Waals surface area contributed by atoms with E-state index in [0.29, 0.717) is 10.1 Å². The number of thioether (sulfide) groups is 2. The highest BCUT2D eigenvalue weighted by Crippen LogP contribution is 2.44. The second-order valence-corrected chi connectivity index (χ2v) is 7.24. The second-order valence-electron chi connectivity index (χ2n) is 4.52. The topological polar surface area (TPSA) is 42.2 Å². The van der Waals surface area contributed by atoms with Crippen LogP contribution in [-0.2, 0) is 0 Å². The van der Waals surface area contributed by atoms with Gasteiger partial charge in [-0.05, 0) is 41.7 Å². The van der Waals surface area contributed by atoms with E-state index in [1.54, 1.807) is 6.07 Å². The first-order valence-electron chi connectivity index (χ1n) is 6.50. The first kappa shape index (κ1) is 13.6. The summed E-state index contributed by atoms with van der Waals surface area (Å²) in [6.45, 7) is 0. The molecule has 3 rings (SSSR count). The van der Waals surface area contributed by atoms with E-state index in [1.165, 1.54) is 36.0 Å². The van der Waals surface area contributed by atoms with E-state index >= 15 is 0 Å². The van der Waals surface area contributed by atoms with Crippen molar-refractivity contribution < 1.29 is 9.21 Å². The van der Waals surface area contributed by atoms with Crippen LogP contribution < -0.4 is 5.32 Å². The minimum atomic E-state index is -0.139. The molecule has 1 fully saturated rings. The van der Waals surface area contributed by atoms with Gasteiger partial charge in [-0.3, -0.25) is 4.79 Å². The van der Waals surface area contributed by atoms with E-state index in [1.807, 2.05) is 35.7 Å². The maximum atomic E-state index is 12.0. The van der Waals surface area contributed by atoms with Crippen molar-refractivity contribution in [3.8, 4) is 0 Å². The van der Waals surface area contributed by atoms with Gasteiger partial charge in [-0.15, -0.1) is 23.5 Å². The predicted molar refractivity (Wildman–Crippen MR) is 85.4 cm³/mol. The molecule has 20 heavy (non-hydrogen) atoms. The van der Waals surface area contributed by atoms with E-state index in [2.05, 4.69) is 17.4 Å². The molecule has 0 aliphatic carbocycles. The Morgan fingerprint density at radius 2 is 2.10 bits per heavy atom. The van der Waals surface area contributed by atoms with Crippen LogP contribution in [0, 0.1) is 0 Å². The van der Waals surface area contributed by atoms with Crippen LogP contribution in [0.1, 0.15) is 26.9 Å². The van der Waals surface area contributed by atoms with Crippen LogP contribution in [0.3, 0.4) is 0 Å². The third-order valence-corrected chi connectivity index (χ3v) is 6.04. The summed E-state index contributed by atoms with van der Waals surface area (Å²) in [6, 6.07) is 9.76. The summed E-state index contributed by atoms with van der Waals surface area (Å²) < 4.78 is 5.41. The normalized spacial score (nSPS) is 16.0. The molecule has 2 heterocycles. The van der Waals surface area contributed by atoms with Gasteiger partial charge < -0.3 is 9.73 Å². The number of hydrogen-bond donors (Lipinski definition) is 1. The number of carbonyl (C=O) groups excluding carboxylic acids is 1. The molecule has 3 nitrogen and oxygen atoms in total. The van der Waals surface area contributed by atoms with Gasteiger partial charge in [-0.25, -0.2) is 0 Å². The quantitative estimate of drug-likeness (QED) is 0.912. The van der Waals surface area contributed by atoms with Gasteiger partial charge in [-0.1, -0.05) is 12.1 Å². The SMILES string of the molecule is O=C(Nc1cccc(C2SCCCS2)c1)c1ccoc1. The van der Waals surface area contributed by atoms with E-state index in [-0.39, 0.29) is 5.91 Å². The van der Waals surface area contributed by atoms with E-state index in [9.17, 15) is 4.79 Å². The van der Waals surface area contributed by atoms with Crippen LogP contribution in [0.15, 0.2) is 47.3 Å². The average molecular weight is 305 g/mol. The fraction of sp³-hybridized carbons (Fsp3) is 0.267. The van der Waals surface area contributed by atoms with Crippen molar-refractivity contribution in [1.29, 1.82) is 0 Å². The van der Waals surface area contributed by atoms with E-state index in [0.717, 1.165) is 5.69 Å². The number of hydrogen-bond acceptors (Lipinski definition) is 4. The van der Waals surface area contributed by atoms with E-state index < -0.39 is 0 Å². The molecular weight excluding hydrogens is 290 g/mol. The highest BCUT2D eigenvalue weighted by Gasteiger charge is 2.17. The number of amides is 1. The molecule has 1 aromatic carbocycles. The number of nitrogens with one attached hydrogen (secondary N) is 1. The molecule has 0 unspecified atom stereocenters. The lowest BCUT2D eigenvalue weighted by Crippen LogP contribution is -2.11. The zero-order valence-corrected chi connectivity index (χ0v) is 12.5. The standard InChI is InChI=1S/C15H15NO2S2/c17-14(12-5-6-18-10-12)16-13-4-1-3-11(9-13)15-19-7-2-8-20-15/h1,3-6,9-10,15H,2,7-8H2,(H,16,17). The lowest BCUT2D eigenvalue weighted by atomic mass is 10.2. The van der Waals surface area contributed by atoms with Crippen molar-refractivity contribution in [3.63, 3.8) is 0 Å². The predicted octanol–water partition coefficient (Wildman–Crippen LogP) is 4.40. The van der Waals surface area contributed by atoms with Crippen LogP contribution >= 0.6 is 23.5 Å². The maximum absolute atomic E-state index is 12.0.